The van der Waals surface area contributed by atoms with Gasteiger partial charge in [-0.15, -0.1) is 0 Å². The van der Waals surface area contributed by atoms with E-state index in [1.165, 1.54) is 12.5 Å². The van der Waals surface area contributed by atoms with Crippen molar-refractivity contribution in [1.29, 1.82) is 0 Å². The molecule has 1 aliphatic rings. The molecule has 1 aromatic rings. The number of nitro benzene ring substituents is 1. The number of hydrogen-bond acceptors (Lipinski definition) is 3. The Labute approximate surface area is 124 Å². The second-order valence-electron chi connectivity index (χ2n) is 5.58. The lowest BCUT2D eigenvalue weighted by atomic mass is 9.95. The smallest absolute Gasteiger partial charge is 0.271 e. The van der Waals surface area contributed by atoms with Crippen LogP contribution in [-0.4, -0.2) is 17.0 Å². The lowest BCUT2D eigenvalue weighted by Crippen LogP contribution is -2.44. The van der Waals surface area contributed by atoms with Crippen molar-refractivity contribution < 1.29 is 4.92 Å². The van der Waals surface area contributed by atoms with Crippen LogP contribution in [0.25, 0.3) is 0 Å². The van der Waals surface area contributed by atoms with Gasteiger partial charge < -0.3 is 4.90 Å². The summed E-state index contributed by atoms with van der Waals surface area (Å²) in [6.07, 6.45) is 4.25. The van der Waals surface area contributed by atoms with Crippen LogP contribution < -0.4 is 4.90 Å². The molecule has 1 heterocycles. The highest BCUT2D eigenvalue weighted by molar-refractivity contribution is 6.33. The van der Waals surface area contributed by atoms with Crippen LogP contribution in [0.1, 0.15) is 45.6 Å². The third-order valence-corrected chi connectivity index (χ3v) is 4.46. The number of piperidine rings is 1. The van der Waals surface area contributed by atoms with E-state index in [0.29, 0.717) is 17.1 Å². The highest BCUT2D eigenvalue weighted by Gasteiger charge is 2.29. The third kappa shape index (κ3) is 2.75. The molecule has 0 N–H and O–H groups in total. The van der Waals surface area contributed by atoms with E-state index in [9.17, 15) is 10.1 Å². The molecule has 1 fully saturated rings. The van der Waals surface area contributed by atoms with Gasteiger partial charge in [0.05, 0.1) is 15.6 Å². The molecule has 20 heavy (non-hydrogen) atoms. The molecule has 0 amide bonds. The summed E-state index contributed by atoms with van der Waals surface area (Å²) in [5.41, 5.74) is 2.03. The predicted octanol–water partition coefficient (Wildman–Crippen LogP) is 4.58. The fourth-order valence-electron chi connectivity index (χ4n) is 3.17. The van der Waals surface area contributed by atoms with Gasteiger partial charge in [0.2, 0.25) is 0 Å². The van der Waals surface area contributed by atoms with Crippen LogP contribution in [0.4, 0.5) is 11.4 Å². The molecule has 2 rings (SSSR count). The molecule has 0 spiro atoms. The number of nitrogens with zero attached hydrogens (tertiary/aromatic N) is 2. The average Bonchev–Trinajstić information content (AvgIpc) is 2.39. The summed E-state index contributed by atoms with van der Waals surface area (Å²) in [6.45, 7) is 6.41. The number of aryl methyl sites for hydroxylation is 1. The van der Waals surface area contributed by atoms with Gasteiger partial charge in [-0.3, -0.25) is 10.1 Å². The van der Waals surface area contributed by atoms with Gasteiger partial charge in [-0.05, 0) is 45.1 Å². The molecule has 0 aliphatic carbocycles. The van der Waals surface area contributed by atoms with Crippen LogP contribution in [0, 0.1) is 10.1 Å². The lowest BCUT2D eigenvalue weighted by molar-refractivity contribution is -0.384. The number of halogens is 1. The summed E-state index contributed by atoms with van der Waals surface area (Å²) in [5.74, 6) is 0. The first kappa shape index (κ1) is 15.1. The van der Waals surface area contributed by atoms with E-state index in [0.717, 1.165) is 30.5 Å². The molecule has 4 nitrogen and oxygen atoms in total. The van der Waals surface area contributed by atoms with Crippen molar-refractivity contribution >= 4 is 23.0 Å². The maximum Gasteiger partial charge on any atom is 0.271 e. The number of nitro groups is 1. The fraction of sp³-hybridized carbons (Fsp3) is 0.600. The number of anilines is 1. The van der Waals surface area contributed by atoms with Crippen molar-refractivity contribution in [2.45, 2.75) is 58.5 Å². The van der Waals surface area contributed by atoms with Gasteiger partial charge >= 0.3 is 0 Å². The minimum absolute atomic E-state index is 0.0768. The monoisotopic (exact) mass is 296 g/mol. The number of benzene rings is 1. The Kier molecular flexibility index (Phi) is 4.53. The Balaban J connectivity index is 2.52. The first-order valence-electron chi connectivity index (χ1n) is 7.20. The molecular formula is C15H21ClN2O2. The second-order valence-corrected chi connectivity index (χ2v) is 5.99. The number of rotatable bonds is 3. The molecule has 1 aliphatic heterocycles. The Morgan fingerprint density at radius 1 is 1.35 bits per heavy atom. The fourth-order valence-corrected chi connectivity index (χ4v) is 3.50. The standard InChI is InChI=1S/C15H21ClN2O2/c1-4-12-8-13(18(19)20)9-14(16)15(12)17-10(2)6-5-7-11(17)3/h8-11H,4-7H2,1-3H3/t10-,11-/m1/s1. The van der Waals surface area contributed by atoms with E-state index >= 15 is 0 Å². The summed E-state index contributed by atoms with van der Waals surface area (Å²) < 4.78 is 0. The quantitative estimate of drug-likeness (QED) is 0.606. The van der Waals surface area contributed by atoms with Gasteiger partial charge in [-0.2, -0.15) is 0 Å². The normalized spacial score (nSPS) is 22.9. The first-order valence-corrected chi connectivity index (χ1v) is 7.58. The zero-order chi connectivity index (χ0) is 14.9. The van der Waals surface area contributed by atoms with Gasteiger partial charge in [-0.1, -0.05) is 18.5 Å². The molecule has 0 bridgehead atoms. The number of hydrogen-bond donors (Lipinski definition) is 0. The van der Waals surface area contributed by atoms with E-state index < -0.39 is 0 Å². The summed E-state index contributed by atoms with van der Waals surface area (Å²) in [5, 5.41) is 11.5. The van der Waals surface area contributed by atoms with E-state index in [2.05, 4.69) is 18.7 Å². The average molecular weight is 297 g/mol. The second kappa shape index (κ2) is 6.00. The van der Waals surface area contributed by atoms with Crippen LogP contribution in [0.2, 0.25) is 5.02 Å². The van der Waals surface area contributed by atoms with E-state index in [4.69, 9.17) is 11.6 Å². The van der Waals surface area contributed by atoms with Crippen molar-refractivity contribution in [3.05, 3.63) is 32.8 Å². The Morgan fingerprint density at radius 2 is 1.95 bits per heavy atom. The molecule has 0 saturated carbocycles. The van der Waals surface area contributed by atoms with Crippen LogP contribution in [0.5, 0.6) is 0 Å². The Bertz CT molecular complexity index is 509. The van der Waals surface area contributed by atoms with E-state index in [-0.39, 0.29) is 10.6 Å². The van der Waals surface area contributed by atoms with Crippen LogP contribution in [-0.2, 0) is 6.42 Å². The first-order chi connectivity index (χ1) is 9.45. The Morgan fingerprint density at radius 3 is 2.45 bits per heavy atom. The topological polar surface area (TPSA) is 46.4 Å². The van der Waals surface area contributed by atoms with E-state index in [1.807, 2.05) is 6.92 Å². The number of non-ortho nitro benzene ring substituents is 1. The van der Waals surface area contributed by atoms with Crippen LogP contribution >= 0.6 is 11.6 Å². The zero-order valence-electron chi connectivity index (χ0n) is 12.2. The summed E-state index contributed by atoms with van der Waals surface area (Å²) in [7, 11) is 0. The molecule has 0 aromatic heterocycles. The third-order valence-electron chi connectivity index (χ3n) is 4.17. The van der Waals surface area contributed by atoms with Crippen molar-refractivity contribution in [3.63, 3.8) is 0 Å². The van der Waals surface area contributed by atoms with Gasteiger partial charge in [0.15, 0.2) is 0 Å². The van der Waals surface area contributed by atoms with Crippen molar-refractivity contribution in [2.24, 2.45) is 0 Å². The zero-order valence-corrected chi connectivity index (χ0v) is 13.0. The molecule has 0 radical (unpaired) electrons. The maximum absolute atomic E-state index is 11.0. The van der Waals surface area contributed by atoms with Crippen LogP contribution in [0.3, 0.4) is 0 Å². The van der Waals surface area contributed by atoms with Crippen LogP contribution in [0.15, 0.2) is 12.1 Å². The minimum Gasteiger partial charge on any atom is -0.365 e. The Hall–Kier alpha value is -1.29. The summed E-state index contributed by atoms with van der Waals surface area (Å²) in [4.78, 5) is 12.9. The van der Waals surface area contributed by atoms with Gasteiger partial charge in [0, 0.05) is 24.2 Å². The SMILES string of the molecule is CCc1cc([N+](=O)[O-])cc(Cl)c1N1[C@H](C)CCC[C@H]1C. The molecule has 110 valence electrons. The highest BCUT2D eigenvalue weighted by Crippen LogP contribution is 2.39. The lowest BCUT2D eigenvalue weighted by Gasteiger charge is -2.42. The molecule has 1 saturated heterocycles. The summed E-state index contributed by atoms with van der Waals surface area (Å²) in [6, 6.07) is 3.98. The maximum atomic E-state index is 11.0. The largest absolute Gasteiger partial charge is 0.365 e. The van der Waals surface area contributed by atoms with Gasteiger partial charge in [0.25, 0.3) is 5.69 Å². The molecule has 0 unspecified atom stereocenters. The minimum atomic E-state index is -0.377. The molecular weight excluding hydrogens is 276 g/mol. The van der Waals surface area contributed by atoms with Crippen molar-refractivity contribution in [1.82, 2.24) is 0 Å². The highest BCUT2D eigenvalue weighted by atomic mass is 35.5. The van der Waals surface area contributed by atoms with Gasteiger partial charge in [-0.25, -0.2) is 0 Å². The van der Waals surface area contributed by atoms with Crippen molar-refractivity contribution in [2.75, 3.05) is 4.90 Å². The summed E-state index contributed by atoms with van der Waals surface area (Å²) >= 11 is 6.38. The molecule has 2 atom stereocenters. The molecule has 1 aromatic carbocycles. The molecule has 5 heteroatoms. The van der Waals surface area contributed by atoms with Crippen molar-refractivity contribution in [3.8, 4) is 0 Å². The van der Waals surface area contributed by atoms with E-state index in [1.54, 1.807) is 6.07 Å². The predicted molar refractivity (Wildman–Crippen MR) is 82.7 cm³/mol. The van der Waals surface area contributed by atoms with Gasteiger partial charge in [0.1, 0.15) is 0 Å².